The monoisotopic (exact) mass is 329 g/mol. The zero-order valence-corrected chi connectivity index (χ0v) is 14.8. The highest BCUT2D eigenvalue weighted by atomic mass is 16.5. The van der Waals surface area contributed by atoms with E-state index in [1.807, 2.05) is 6.07 Å². The molecule has 3 rings (SSSR count). The molecule has 2 heterocycles. The molecule has 1 aromatic carbocycles. The zero-order valence-electron chi connectivity index (χ0n) is 14.8. The molecule has 0 aliphatic carbocycles. The molecular weight excluding hydrogens is 302 g/mol. The molecule has 0 saturated carbocycles. The number of carbonyl (C=O) groups is 1. The highest BCUT2D eigenvalue weighted by Gasteiger charge is 2.39. The van der Waals surface area contributed by atoms with Crippen LogP contribution in [-0.4, -0.2) is 35.6 Å². The van der Waals surface area contributed by atoms with Crippen molar-refractivity contribution in [3.8, 4) is 5.75 Å². The van der Waals surface area contributed by atoms with Gasteiger partial charge in [-0.25, -0.2) is 0 Å². The van der Waals surface area contributed by atoms with E-state index in [1.165, 1.54) is 16.5 Å². The fraction of sp³-hybridized carbons (Fsp3) is 0.526. The van der Waals surface area contributed by atoms with Crippen molar-refractivity contribution >= 4 is 16.8 Å². The van der Waals surface area contributed by atoms with E-state index in [4.69, 9.17) is 10.5 Å². The third kappa shape index (κ3) is 2.88. The third-order valence-corrected chi connectivity index (χ3v) is 5.53. The molecule has 1 aliphatic heterocycles. The van der Waals surface area contributed by atoms with Gasteiger partial charge in [-0.1, -0.05) is 6.92 Å². The first-order valence-corrected chi connectivity index (χ1v) is 8.63. The molecule has 1 amide bonds. The van der Waals surface area contributed by atoms with Gasteiger partial charge in [0.05, 0.1) is 12.5 Å². The van der Waals surface area contributed by atoms with Crippen LogP contribution in [0.4, 0.5) is 0 Å². The summed E-state index contributed by atoms with van der Waals surface area (Å²) in [4.78, 5) is 14.3. The van der Waals surface area contributed by atoms with Gasteiger partial charge in [-0.15, -0.1) is 0 Å². The van der Waals surface area contributed by atoms with E-state index in [9.17, 15) is 4.79 Å². The normalized spacial score (nSPS) is 22.0. The number of carbonyl (C=O) groups excluding carboxylic acids is 1. The Morgan fingerprint density at radius 1 is 1.42 bits per heavy atom. The molecule has 2 aromatic rings. The average Bonchev–Trinajstić information content (AvgIpc) is 2.90. The molecule has 1 saturated heterocycles. The molecule has 130 valence electrons. The molecular formula is C19H27N3O2. The van der Waals surface area contributed by atoms with E-state index in [0.717, 1.165) is 44.6 Å². The number of nitrogens with two attached hydrogens (primary N) is 1. The maximum Gasteiger partial charge on any atom is 0.224 e. The van der Waals surface area contributed by atoms with E-state index < -0.39 is 0 Å². The van der Waals surface area contributed by atoms with Crippen LogP contribution in [0.15, 0.2) is 24.4 Å². The lowest BCUT2D eigenvalue weighted by atomic mass is 9.77. The number of likely N-dealkylation sites (tertiary alicyclic amines) is 1. The average molecular weight is 329 g/mol. The van der Waals surface area contributed by atoms with E-state index in [-0.39, 0.29) is 11.3 Å². The first kappa shape index (κ1) is 16.8. The second-order valence-electron chi connectivity index (χ2n) is 6.96. The van der Waals surface area contributed by atoms with Crippen molar-refractivity contribution < 1.29 is 9.53 Å². The Labute approximate surface area is 143 Å². The number of hydrogen-bond donors (Lipinski definition) is 1. The number of piperidine rings is 1. The van der Waals surface area contributed by atoms with Gasteiger partial charge < -0.3 is 15.0 Å². The minimum Gasteiger partial charge on any atom is -0.497 e. The van der Waals surface area contributed by atoms with Crippen molar-refractivity contribution in [3.63, 3.8) is 0 Å². The predicted molar refractivity (Wildman–Crippen MR) is 95.9 cm³/mol. The zero-order chi connectivity index (χ0) is 17.3. The fourth-order valence-electron chi connectivity index (χ4n) is 3.97. The Morgan fingerprint density at radius 3 is 2.88 bits per heavy atom. The summed E-state index contributed by atoms with van der Waals surface area (Å²) in [5.74, 6) is 0.711. The lowest BCUT2D eigenvalue weighted by molar-refractivity contribution is -0.131. The molecule has 0 bridgehead atoms. The van der Waals surface area contributed by atoms with Crippen LogP contribution >= 0.6 is 0 Å². The van der Waals surface area contributed by atoms with E-state index >= 15 is 0 Å². The smallest absolute Gasteiger partial charge is 0.224 e. The lowest BCUT2D eigenvalue weighted by Gasteiger charge is -2.40. The Morgan fingerprint density at radius 2 is 2.21 bits per heavy atom. The maximum absolute atomic E-state index is 12.0. The molecule has 5 nitrogen and oxygen atoms in total. The van der Waals surface area contributed by atoms with E-state index in [1.54, 1.807) is 7.11 Å². The topological polar surface area (TPSA) is 60.5 Å². The van der Waals surface area contributed by atoms with Crippen molar-refractivity contribution in [2.45, 2.75) is 32.7 Å². The summed E-state index contributed by atoms with van der Waals surface area (Å²) in [6, 6.07) is 6.17. The van der Waals surface area contributed by atoms with Crippen LogP contribution in [0.25, 0.3) is 10.9 Å². The van der Waals surface area contributed by atoms with Crippen molar-refractivity contribution in [2.75, 3.05) is 20.2 Å². The van der Waals surface area contributed by atoms with Gasteiger partial charge in [0.15, 0.2) is 0 Å². The minimum absolute atomic E-state index is 0.158. The fourth-order valence-corrected chi connectivity index (χ4v) is 3.97. The summed E-state index contributed by atoms with van der Waals surface area (Å²) in [6.07, 6.45) is 4.91. The molecule has 0 spiro atoms. The SMILES string of the molecule is CCC1(C(N)=O)CCCN(Cc2cn(C)c3ccc(OC)cc23)C1. The highest BCUT2D eigenvalue weighted by Crippen LogP contribution is 2.34. The summed E-state index contributed by atoms with van der Waals surface area (Å²) in [6.45, 7) is 4.66. The summed E-state index contributed by atoms with van der Waals surface area (Å²) in [7, 11) is 3.76. The quantitative estimate of drug-likeness (QED) is 0.917. The van der Waals surface area contributed by atoms with Gasteiger partial charge >= 0.3 is 0 Å². The van der Waals surface area contributed by atoms with Crippen LogP contribution in [0.3, 0.4) is 0 Å². The third-order valence-electron chi connectivity index (χ3n) is 5.53. The lowest BCUT2D eigenvalue weighted by Crippen LogP contribution is -2.49. The maximum atomic E-state index is 12.0. The summed E-state index contributed by atoms with van der Waals surface area (Å²) < 4.78 is 7.52. The van der Waals surface area contributed by atoms with Gasteiger partial charge in [0.25, 0.3) is 0 Å². The molecule has 1 aliphatic rings. The first-order valence-electron chi connectivity index (χ1n) is 8.63. The van der Waals surface area contributed by atoms with Crippen LogP contribution in [0.5, 0.6) is 5.75 Å². The summed E-state index contributed by atoms with van der Waals surface area (Å²) in [5.41, 5.74) is 7.80. The van der Waals surface area contributed by atoms with Gasteiger partial charge in [0.1, 0.15) is 5.75 Å². The number of nitrogens with zero attached hydrogens (tertiary/aromatic N) is 2. The molecule has 1 aromatic heterocycles. The van der Waals surface area contributed by atoms with Gasteiger partial charge in [0, 0.05) is 37.2 Å². The molecule has 5 heteroatoms. The van der Waals surface area contributed by atoms with Gasteiger partial charge in [-0.05, 0) is 49.6 Å². The van der Waals surface area contributed by atoms with Gasteiger partial charge in [-0.3, -0.25) is 9.69 Å². The molecule has 1 atom stereocenters. The second kappa shape index (κ2) is 6.48. The number of ether oxygens (including phenoxy) is 1. The Hall–Kier alpha value is -2.01. The van der Waals surface area contributed by atoms with E-state index in [0.29, 0.717) is 0 Å². The number of primary amides is 1. The van der Waals surface area contributed by atoms with Crippen LogP contribution < -0.4 is 10.5 Å². The van der Waals surface area contributed by atoms with Crippen molar-refractivity contribution in [1.29, 1.82) is 0 Å². The van der Waals surface area contributed by atoms with E-state index in [2.05, 4.69) is 41.8 Å². The molecule has 0 radical (unpaired) electrons. The molecule has 1 unspecified atom stereocenters. The highest BCUT2D eigenvalue weighted by molar-refractivity contribution is 5.85. The van der Waals surface area contributed by atoms with Crippen LogP contribution in [0, 0.1) is 5.41 Å². The second-order valence-corrected chi connectivity index (χ2v) is 6.96. The van der Waals surface area contributed by atoms with Crippen LogP contribution in [-0.2, 0) is 18.4 Å². The molecule has 24 heavy (non-hydrogen) atoms. The first-order chi connectivity index (χ1) is 11.5. The number of amides is 1. The summed E-state index contributed by atoms with van der Waals surface area (Å²) in [5, 5.41) is 1.21. The number of rotatable bonds is 5. The molecule has 2 N–H and O–H groups in total. The molecule has 1 fully saturated rings. The van der Waals surface area contributed by atoms with Gasteiger partial charge in [-0.2, -0.15) is 0 Å². The number of aromatic nitrogens is 1. The number of methoxy groups -OCH3 is 1. The van der Waals surface area contributed by atoms with Crippen molar-refractivity contribution in [2.24, 2.45) is 18.2 Å². The summed E-state index contributed by atoms with van der Waals surface area (Å²) >= 11 is 0. The predicted octanol–water partition coefficient (Wildman–Crippen LogP) is 2.66. The number of benzene rings is 1. The Bertz CT molecular complexity index is 752. The van der Waals surface area contributed by atoms with Gasteiger partial charge in [0.2, 0.25) is 5.91 Å². The number of fused-ring (bicyclic) bond motifs is 1. The standard InChI is InChI=1S/C19H27N3O2/c1-4-19(18(20)23)8-5-9-22(13-19)12-14-11-21(2)17-7-6-15(24-3)10-16(14)17/h6-7,10-11H,4-5,8-9,12-13H2,1-3H3,(H2,20,23). The minimum atomic E-state index is -0.374. The number of hydrogen-bond acceptors (Lipinski definition) is 3. The Balaban J connectivity index is 1.88. The van der Waals surface area contributed by atoms with Crippen molar-refractivity contribution in [1.82, 2.24) is 9.47 Å². The largest absolute Gasteiger partial charge is 0.497 e. The number of aryl methyl sites for hydroxylation is 1. The van der Waals surface area contributed by atoms with Crippen LogP contribution in [0.1, 0.15) is 31.7 Å². The Kier molecular flexibility index (Phi) is 4.54. The van der Waals surface area contributed by atoms with Crippen molar-refractivity contribution in [3.05, 3.63) is 30.0 Å². The van der Waals surface area contributed by atoms with Crippen LogP contribution in [0.2, 0.25) is 0 Å².